The Balaban J connectivity index is 2.77. The fourth-order valence-electron chi connectivity index (χ4n) is 1.35. The quantitative estimate of drug-likeness (QED) is 0.832. The first kappa shape index (κ1) is 13.0. The SMILES string of the molecule is CC/C=C(/C)C(=O)Nc1ccc(Br)c(C)c1. The topological polar surface area (TPSA) is 29.1 Å². The summed E-state index contributed by atoms with van der Waals surface area (Å²) in [5, 5.41) is 2.87. The Morgan fingerprint density at radius 1 is 1.50 bits per heavy atom. The minimum atomic E-state index is -0.0384. The van der Waals surface area contributed by atoms with Gasteiger partial charge >= 0.3 is 0 Å². The van der Waals surface area contributed by atoms with E-state index in [4.69, 9.17) is 0 Å². The van der Waals surface area contributed by atoms with E-state index >= 15 is 0 Å². The van der Waals surface area contributed by atoms with E-state index < -0.39 is 0 Å². The fraction of sp³-hybridized carbons (Fsp3) is 0.308. The first-order valence-electron chi connectivity index (χ1n) is 5.29. The lowest BCUT2D eigenvalue weighted by Gasteiger charge is -2.07. The first-order valence-corrected chi connectivity index (χ1v) is 6.08. The van der Waals surface area contributed by atoms with E-state index in [9.17, 15) is 4.79 Å². The predicted octanol–water partition coefficient (Wildman–Crippen LogP) is 4.05. The number of benzene rings is 1. The van der Waals surface area contributed by atoms with Crippen molar-refractivity contribution in [2.45, 2.75) is 27.2 Å². The molecule has 1 aromatic carbocycles. The highest BCUT2D eigenvalue weighted by molar-refractivity contribution is 9.10. The Bertz CT molecular complexity index is 424. The number of aryl methyl sites for hydroxylation is 1. The van der Waals surface area contributed by atoms with Crippen LogP contribution in [-0.4, -0.2) is 5.91 Å². The van der Waals surface area contributed by atoms with E-state index in [0.29, 0.717) is 0 Å². The molecule has 86 valence electrons. The van der Waals surface area contributed by atoms with Gasteiger partial charge in [-0.25, -0.2) is 0 Å². The molecule has 3 heteroatoms. The highest BCUT2D eigenvalue weighted by atomic mass is 79.9. The number of anilines is 1. The predicted molar refractivity (Wildman–Crippen MR) is 71.6 cm³/mol. The largest absolute Gasteiger partial charge is 0.322 e. The zero-order valence-electron chi connectivity index (χ0n) is 9.80. The summed E-state index contributed by atoms with van der Waals surface area (Å²) in [4.78, 5) is 11.7. The van der Waals surface area contributed by atoms with Crippen molar-refractivity contribution in [2.24, 2.45) is 0 Å². The molecule has 0 aromatic heterocycles. The number of carbonyl (C=O) groups excluding carboxylic acids is 1. The molecule has 0 aliphatic carbocycles. The van der Waals surface area contributed by atoms with Crippen LogP contribution in [-0.2, 0) is 4.79 Å². The molecule has 0 bridgehead atoms. The lowest BCUT2D eigenvalue weighted by molar-refractivity contribution is -0.112. The third-order valence-corrected chi connectivity index (χ3v) is 3.17. The van der Waals surface area contributed by atoms with Gasteiger partial charge in [0.1, 0.15) is 0 Å². The van der Waals surface area contributed by atoms with Crippen LogP contribution in [0.25, 0.3) is 0 Å². The van der Waals surface area contributed by atoms with Crippen molar-refractivity contribution in [1.29, 1.82) is 0 Å². The molecule has 0 saturated carbocycles. The van der Waals surface area contributed by atoms with Gasteiger partial charge < -0.3 is 5.32 Å². The molecule has 0 heterocycles. The smallest absolute Gasteiger partial charge is 0.250 e. The van der Waals surface area contributed by atoms with Gasteiger partial charge in [0, 0.05) is 15.7 Å². The normalized spacial score (nSPS) is 11.4. The molecule has 2 nitrogen and oxygen atoms in total. The minimum Gasteiger partial charge on any atom is -0.322 e. The Morgan fingerprint density at radius 3 is 2.75 bits per heavy atom. The zero-order valence-corrected chi connectivity index (χ0v) is 11.4. The summed E-state index contributed by atoms with van der Waals surface area (Å²) in [6.45, 7) is 5.83. The van der Waals surface area contributed by atoms with Gasteiger partial charge in [0.15, 0.2) is 0 Å². The van der Waals surface area contributed by atoms with E-state index in [1.807, 2.05) is 45.0 Å². The second-order valence-corrected chi connectivity index (χ2v) is 4.57. The molecule has 1 N–H and O–H groups in total. The molecule has 0 radical (unpaired) electrons. The van der Waals surface area contributed by atoms with Gasteiger partial charge in [-0.15, -0.1) is 0 Å². The van der Waals surface area contributed by atoms with Gasteiger partial charge in [-0.2, -0.15) is 0 Å². The van der Waals surface area contributed by atoms with E-state index in [-0.39, 0.29) is 5.91 Å². The van der Waals surface area contributed by atoms with Crippen LogP contribution >= 0.6 is 15.9 Å². The van der Waals surface area contributed by atoms with Gasteiger partial charge in [0.2, 0.25) is 0 Å². The molecule has 1 rings (SSSR count). The van der Waals surface area contributed by atoms with Crippen LogP contribution in [0.15, 0.2) is 34.3 Å². The van der Waals surface area contributed by atoms with Crippen LogP contribution in [0.5, 0.6) is 0 Å². The number of amides is 1. The lowest BCUT2D eigenvalue weighted by Crippen LogP contribution is -2.12. The third kappa shape index (κ3) is 3.49. The van der Waals surface area contributed by atoms with E-state index in [0.717, 1.165) is 27.7 Å². The Morgan fingerprint density at radius 2 is 2.19 bits per heavy atom. The second kappa shape index (κ2) is 5.85. The number of carbonyl (C=O) groups is 1. The maximum atomic E-state index is 11.7. The molecule has 0 atom stereocenters. The van der Waals surface area contributed by atoms with Crippen molar-refractivity contribution in [3.8, 4) is 0 Å². The van der Waals surface area contributed by atoms with Gasteiger partial charge in [-0.05, 0) is 44.0 Å². The molecule has 0 aliphatic heterocycles. The molecule has 0 aliphatic rings. The summed E-state index contributed by atoms with van der Waals surface area (Å²) >= 11 is 3.43. The van der Waals surface area contributed by atoms with Crippen LogP contribution in [0.4, 0.5) is 5.69 Å². The van der Waals surface area contributed by atoms with Crippen molar-refractivity contribution >= 4 is 27.5 Å². The monoisotopic (exact) mass is 281 g/mol. The summed E-state index contributed by atoms with van der Waals surface area (Å²) in [7, 11) is 0. The lowest BCUT2D eigenvalue weighted by atomic mass is 10.2. The van der Waals surface area contributed by atoms with Gasteiger partial charge in [-0.1, -0.05) is 28.9 Å². The van der Waals surface area contributed by atoms with Crippen molar-refractivity contribution in [3.05, 3.63) is 39.9 Å². The van der Waals surface area contributed by atoms with Crippen LogP contribution < -0.4 is 5.32 Å². The van der Waals surface area contributed by atoms with Crippen molar-refractivity contribution in [1.82, 2.24) is 0 Å². The number of nitrogens with one attached hydrogen (secondary N) is 1. The molecule has 1 amide bonds. The number of hydrogen-bond donors (Lipinski definition) is 1. The average Bonchev–Trinajstić information content (AvgIpc) is 2.24. The van der Waals surface area contributed by atoms with Gasteiger partial charge in [-0.3, -0.25) is 4.79 Å². The number of hydrogen-bond acceptors (Lipinski definition) is 1. The molecular weight excluding hydrogens is 266 g/mol. The summed E-state index contributed by atoms with van der Waals surface area (Å²) in [6.07, 6.45) is 2.79. The van der Waals surface area contributed by atoms with Crippen molar-refractivity contribution < 1.29 is 4.79 Å². The average molecular weight is 282 g/mol. The molecule has 1 aromatic rings. The second-order valence-electron chi connectivity index (χ2n) is 3.71. The molecule has 16 heavy (non-hydrogen) atoms. The first-order chi connectivity index (χ1) is 7.54. The maximum Gasteiger partial charge on any atom is 0.250 e. The van der Waals surface area contributed by atoms with Crippen molar-refractivity contribution in [2.75, 3.05) is 5.32 Å². The molecule has 0 unspecified atom stereocenters. The number of allylic oxidation sites excluding steroid dienone is 1. The fourth-order valence-corrected chi connectivity index (χ4v) is 1.60. The van der Waals surface area contributed by atoms with Crippen molar-refractivity contribution in [3.63, 3.8) is 0 Å². The summed E-state index contributed by atoms with van der Waals surface area (Å²) in [5.41, 5.74) is 2.69. The van der Waals surface area contributed by atoms with Crippen LogP contribution in [0.1, 0.15) is 25.8 Å². The molecular formula is C13H16BrNO. The Kier molecular flexibility index (Phi) is 4.74. The van der Waals surface area contributed by atoms with E-state index in [1.54, 1.807) is 0 Å². The summed E-state index contributed by atoms with van der Waals surface area (Å²) < 4.78 is 1.05. The van der Waals surface area contributed by atoms with Crippen LogP contribution in [0.2, 0.25) is 0 Å². The highest BCUT2D eigenvalue weighted by Gasteiger charge is 2.04. The molecule has 0 fully saturated rings. The van der Waals surface area contributed by atoms with Gasteiger partial charge in [0.25, 0.3) is 5.91 Å². The van der Waals surface area contributed by atoms with Gasteiger partial charge in [0.05, 0.1) is 0 Å². The van der Waals surface area contributed by atoms with Crippen LogP contribution in [0.3, 0.4) is 0 Å². The Hall–Kier alpha value is -1.09. The maximum absolute atomic E-state index is 11.7. The van der Waals surface area contributed by atoms with E-state index in [2.05, 4.69) is 21.2 Å². The molecule has 0 spiro atoms. The standard InChI is InChI=1S/C13H16BrNO/c1-4-5-9(2)13(16)15-11-6-7-12(14)10(3)8-11/h5-8H,4H2,1-3H3,(H,15,16)/b9-5-. The van der Waals surface area contributed by atoms with E-state index in [1.165, 1.54) is 0 Å². The van der Waals surface area contributed by atoms with Crippen LogP contribution in [0, 0.1) is 6.92 Å². The summed E-state index contributed by atoms with van der Waals surface area (Å²) in [5.74, 6) is -0.0384. The third-order valence-electron chi connectivity index (χ3n) is 2.28. The zero-order chi connectivity index (χ0) is 12.1. The highest BCUT2D eigenvalue weighted by Crippen LogP contribution is 2.20. The number of rotatable bonds is 3. The Labute approximate surface area is 105 Å². The number of halogens is 1. The molecule has 0 saturated heterocycles. The summed E-state index contributed by atoms with van der Waals surface area (Å²) in [6, 6.07) is 5.76. The minimum absolute atomic E-state index is 0.0384.